The molecule has 5 aromatic rings. The Morgan fingerprint density at radius 1 is 0.914 bits per heavy atom. The molecular weight excluding hydrogens is 444 g/mol. The van der Waals surface area contributed by atoms with Crippen molar-refractivity contribution in [2.24, 2.45) is 0 Å². The highest BCUT2D eigenvalue weighted by Gasteiger charge is 2.15. The molecule has 2 N–H and O–H groups in total. The molecule has 3 aromatic carbocycles. The van der Waals surface area contributed by atoms with Gasteiger partial charge in [-0.15, -0.1) is 10.2 Å². The molecule has 2 aromatic heterocycles. The number of carbonyl (C=O) groups is 2. The topological polar surface area (TPSA) is 115 Å². The second-order valence-electron chi connectivity index (χ2n) is 7.91. The van der Waals surface area contributed by atoms with E-state index in [-0.39, 0.29) is 11.8 Å². The molecule has 0 bridgehead atoms. The van der Waals surface area contributed by atoms with Gasteiger partial charge in [0.2, 0.25) is 5.89 Å². The Bertz CT molecular complexity index is 1490. The highest BCUT2D eigenvalue weighted by atomic mass is 16.4. The molecule has 0 radical (unpaired) electrons. The van der Waals surface area contributed by atoms with Crippen LogP contribution in [0.4, 0.5) is 0 Å². The summed E-state index contributed by atoms with van der Waals surface area (Å²) in [4.78, 5) is 28.7. The standard InChI is InChI=1S/C26H22N6O3/c1-27-24(33)19-9-12-22-21(14-19)29-16-32(22)20-10-7-18(8-11-20)15-28-25(34)26-31-30-23(35-26)13-17-5-3-2-4-6-17/h2-12,14,16H,13,15H2,1H3,(H,27,33)(H,28,34). The van der Waals surface area contributed by atoms with Crippen molar-refractivity contribution < 1.29 is 14.0 Å². The summed E-state index contributed by atoms with van der Waals surface area (Å²) in [7, 11) is 1.60. The van der Waals surface area contributed by atoms with Crippen LogP contribution in [0.15, 0.2) is 83.5 Å². The van der Waals surface area contributed by atoms with Crippen LogP contribution < -0.4 is 10.6 Å². The van der Waals surface area contributed by atoms with Crippen LogP contribution in [0, 0.1) is 0 Å². The first-order valence-electron chi connectivity index (χ1n) is 11.0. The van der Waals surface area contributed by atoms with Crippen LogP contribution in [-0.2, 0) is 13.0 Å². The van der Waals surface area contributed by atoms with Crippen molar-refractivity contribution in [1.82, 2.24) is 30.4 Å². The van der Waals surface area contributed by atoms with Crippen LogP contribution in [0.25, 0.3) is 16.7 Å². The van der Waals surface area contributed by atoms with Gasteiger partial charge in [-0.1, -0.05) is 42.5 Å². The number of carbonyl (C=O) groups excluding carboxylic acids is 2. The molecule has 0 unspecified atom stereocenters. The minimum Gasteiger partial charge on any atom is -0.417 e. The lowest BCUT2D eigenvalue weighted by molar-refractivity contribution is 0.0913. The molecule has 35 heavy (non-hydrogen) atoms. The highest BCUT2D eigenvalue weighted by molar-refractivity contribution is 5.97. The van der Waals surface area contributed by atoms with Gasteiger partial charge in [0.05, 0.1) is 17.5 Å². The van der Waals surface area contributed by atoms with Gasteiger partial charge in [-0.05, 0) is 41.5 Å². The number of rotatable bonds is 7. The Morgan fingerprint density at radius 3 is 2.49 bits per heavy atom. The Labute approximate surface area is 200 Å². The molecule has 0 atom stereocenters. The number of benzene rings is 3. The number of aromatic nitrogens is 4. The molecule has 0 saturated heterocycles. The number of imidazole rings is 1. The fourth-order valence-electron chi connectivity index (χ4n) is 3.72. The number of nitrogens with zero attached hydrogens (tertiary/aromatic N) is 4. The number of fused-ring (bicyclic) bond motifs is 1. The van der Waals surface area contributed by atoms with Crippen LogP contribution in [0.5, 0.6) is 0 Å². The Kier molecular flexibility index (Phi) is 6.04. The summed E-state index contributed by atoms with van der Waals surface area (Å²) in [6.45, 7) is 0.315. The molecule has 174 valence electrons. The molecule has 9 nitrogen and oxygen atoms in total. The Morgan fingerprint density at radius 2 is 1.71 bits per heavy atom. The largest absolute Gasteiger partial charge is 0.417 e. The number of amides is 2. The van der Waals surface area contributed by atoms with Gasteiger partial charge in [0.15, 0.2) is 0 Å². The summed E-state index contributed by atoms with van der Waals surface area (Å²) < 4.78 is 7.45. The summed E-state index contributed by atoms with van der Waals surface area (Å²) >= 11 is 0. The number of nitrogens with one attached hydrogen (secondary N) is 2. The van der Waals surface area contributed by atoms with Crippen molar-refractivity contribution >= 4 is 22.8 Å². The zero-order chi connectivity index (χ0) is 24.2. The van der Waals surface area contributed by atoms with Gasteiger partial charge in [0.1, 0.15) is 6.33 Å². The molecule has 5 rings (SSSR count). The van der Waals surface area contributed by atoms with Gasteiger partial charge in [-0.2, -0.15) is 0 Å². The van der Waals surface area contributed by atoms with E-state index in [0.29, 0.717) is 24.4 Å². The lowest BCUT2D eigenvalue weighted by Gasteiger charge is -2.07. The normalized spacial score (nSPS) is 10.9. The Hall–Kier alpha value is -4.79. The lowest BCUT2D eigenvalue weighted by Crippen LogP contribution is -2.23. The van der Waals surface area contributed by atoms with Crippen molar-refractivity contribution in [3.63, 3.8) is 0 Å². The van der Waals surface area contributed by atoms with E-state index in [1.807, 2.05) is 65.2 Å². The van der Waals surface area contributed by atoms with E-state index in [0.717, 1.165) is 27.8 Å². The molecule has 0 aliphatic carbocycles. The summed E-state index contributed by atoms with van der Waals surface area (Å²) in [6.07, 6.45) is 2.19. The molecule has 2 heterocycles. The van der Waals surface area contributed by atoms with E-state index in [9.17, 15) is 9.59 Å². The molecule has 0 saturated carbocycles. The second kappa shape index (κ2) is 9.60. The minimum atomic E-state index is -0.423. The highest BCUT2D eigenvalue weighted by Crippen LogP contribution is 2.20. The van der Waals surface area contributed by atoms with E-state index in [1.165, 1.54) is 0 Å². The van der Waals surface area contributed by atoms with Crippen molar-refractivity contribution in [1.29, 1.82) is 0 Å². The SMILES string of the molecule is CNC(=O)c1ccc2c(c1)ncn2-c1ccc(CNC(=O)c2nnc(Cc3ccccc3)o2)cc1. The zero-order valence-corrected chi connectivity index (χ0v) is 18.9. The maximum Gasteiger partial charge on any atom is 0.309 e. The maximum absolute atomic E-state index is 12.4. The number of hydrogen-bond acceptors (Lipinski definition) is 6. The van der Waals surface area contributed by atoms with Gasteiger partial charge in [0, 0.05) is 24.8 Å². The minimum absolute atomic E-state index is 0.0615. The summed E-state index contributed by atoms with van der Waals surface area (Å²) in [6, 6.07) is 22.9. The van der Waals surface area contributed by atoms with E-state index in [2.05, 4.69) is 25.8 Å². The van der Waals surface area contributed by atoms with Crippen molar-refractivity contribution in [2.75, 3.05) is 7.05 Å². The van der Waals surface area contributed by atoms with E-state index in [4.69, 9.17) is 4.42 Å². The third kappa shape index (κ3) is 4.79. The van der Waals surface area contributed by atoms with Gasteiger partial charge < -0.3 is 15.1 Å². The average molecular weight is 467 g/mol. The van der Waals surface area contributed by atoms with E-state index < -0.39 is 5.91 Å². The van der Waals surface area contributed by atoms with Crippen LogP contribution >= 0.6 is 0 Å². The van der Waals surface area contributed by atoms with Gasteiger partial charge >= 0.3 is 11.8 Å². The zero-order valence-electron chi connectivity index (χ0n) is 18.9. The lowest BCUT2D eigenvalue weighted by atomic mass is 10.1. The van der Waals surface area contributed by atoms with Crippen molar-refractivity contribution in [3.8, 4) is 5.69 Å². The third-order valence-corrected chi connectivity index (χ3v) is 5.56. The van der Waals surface area contributed by atoms with Gasteiger partial charge in [0.25, 0.3) is 5.91 Å². The summed E-state index contributed by atoms with van der Waals surface area (Å²) in [5.41, 5.74) is 5.04. The average Bonchev–Trinajstić information content (AvgIpc) is 3.54. The first-order chi connectivity index (χ1) is 17.1. The quantitative estimate of drug-likeness (QED) is 0.380. The van der Waals surface area contributed by atoms with Crippen LogP contribution in [0.3, 0.4) is 0 Å². The van der Waals surface area contributed by atoms with E-state index in [1.54, 1.807) is 25.5 Å². The van der Waals surface area contributed by atoms with Gasteiger partial charge in [-0.25, -0.2) is 4.98 Å². The van der Waals surface area contributed by atoms with Gasteiger partial charge in [-0.3, -0.25) is 14.2 Å². The van der Waals surface area contributed by atoms with Crippen LogP contribution in [0.2, 0.25) is 0 Å². The molecule has 2 amide bonds. The predicted molar refractivity (Wildman–Crippen MR) is 129 cm³/mol. The van der Waals surface area contributed by atoms with Crippen molar-refractivity contribution in [2.45, 2.75) is 13.0 Å². The number of hydrogen-bond donors (Lipinski definition) is 2. The van der Waals surface area contributed by atoms with Crippen molar-refractivity contribution in [3.05, 3.63) is 108 Å². The van der Waals surface area contributed by atoms with Crippen LogP contribution in [0.1, 0.15) is 38.1 Å². The molecule has 0 aliphatic heterocycles. The Balaban J connectivity index is 1.22. The molecule has 0 aliphatic rings. The first kappa shape index (κ1) is 22.0. The molecule has 0 fully saturated rings. The summed E-state index contributed by atoms with van der Waals surface area (Å²) in [5, 5.41) is 13.2. The predicted octanol–water partition coefficient (Wildman–Crippen LogP) is 3.29. The van der Waals surface area contributed by atoms with E-state index >= 15 is 0 Å². The molecular formula is C26H22N6O3. The fourth-order valence-corrected chi connectivity index (χ4v) is 3.72. The smallest absolute Gasteiger partial charge is 0.309 e. The van der Waals surface area contributed by atoms with Crippen LogP contribution in [-0.4, -0.2) is 38.6 Å². The fraction of sp³-hybridized carbons (Fsp3) is 0.115. The second-order valence-corrected chi connectivity index (χ2v) is 7.91. The summed E-state index contributed by atoms with van der Waals surface area (Å²) in [5.74, 6) is -0.247. The maximum atomic E-state index is 12.4. The first-order valence-corrected chi connectivity index (χ1v) is 11.0. The monoisotopic (exact) mass is 466 g/mol. The third-order valence-electron chi connectivity index (χ3n) is 5.56. The molecule has 9 heteroatoms. The molecule has 0 spiro atoms.